The van der Waals surface area contributed by atoms with Gasteiger partial charge in [-0.05, 0) is 5.56 Å². The van der Waals surface area contributed by atoms with Crippen molar-refractivity contribution in [2.45, 2.75) is 18.8 Å². The van der Waals surface area contributed by atoms with Crippen LogP contribution in [0, 0.1) is 0 Å². The molecule has 0 radical (unpaired) electrons. The fraction of sp³-hybridized carbons (Fsp3) is 0.400. The summed E-state index contributed by atoms with van der Waals surface area (Å²) in [4.78, 5) is 2.06. The van der Waals surface area contributed by atoms with E-state index in [0.717, 1.165) is 12.4 Å². The Morgan fingerprint density at radius 1 is 1.25 bits per heavy atom. The second-order valence-electron chi connectivity index (χ2n) is 5.10. The van der Waals surface area contributed by atoms with E-state index in [0.29, 0.717) is 13.1 Å². The molecule has 1 saturated heterocycles. The lowest BCUT2D eigenvalue weighted by Gasteiger charge is -2.14. The number of anilines is 1. The summed E-state index contributed by atoms with van der Waals surface area (Å²) in [6, 6.07) is 12.2. The Balaban J connectivity index is 1.68. The molecule has 3 rings (SSSR count). The van der Waals surface area contributed by atoms with E-state index in [4.69, 9.17) is 4.74 Å². The van der Waals surface area contributed by atoms with Gasteiger partial charge in [-0.3, -0.25) is 4.68 Å². The zero-order valence-corrected chi connectivity index (χ0v) is 11.5. The Hall–Kier alpha value is -1.85. The maximum absolute atomic E-state index is 9.86. The summed E-state index contributed by atoms with van der Waals surface area (Å²) in [5.41, 5.74) is 1.22. The Morgan fingerprint density at radius 3 is 2.75 bits per heavy atom. The van der Waals surface area contributed by atoms with Crippen molar-refractivity contribution in [3.8, 4) is 0 Å². The first kappa shape index (κ1) is 13.1. The van der Waals surface area contributed by atoms with Gasteiger partial charge in [0.2, 0.25) is 0 Å². The highest BCUT2D eigenvalue weighted by Crippen LogP contribution is 2.20. The molecular formula is C15H19N3O2. The highest BCUT2D eigenvalue weighted by Gasteiger charge is 2.32. The average Bonchev–Trinajstić information content (AvgIpc) is 3.06. The minimum atomic E-state index is -0.445. The summed E-state index contributed by atoms with van der Waals surface area (Å²) >= 11 is 0. The second-order valence-corrected chi connectivity index (χ2v) is 5.10. The number of aliphatic hydroxyl groups is 1. The molecule has 106 valence electrons. The standard InChI is InChI=1S/C15H19N3O2/c1-20-14-11-17(10-13(14)19)15-7-8-18(16-15)9-12-5-3-2-4-6-12/h2-8,13-14,19H,9-11H2,1H3. The monoisotopic (exact) mass is 273 g/mol. The minimum Gasteiger partial charge on any atom is -0.388 e. The van der Waals surface area contributed by atoms with Crippen LogP contribution in [-0.2, 0) is 11.3 Å². The van der Waals surface area contributed by atoms with E-state index >= 15 is 0 Å². The number of β-amino-alcohol motifs (C(OH)–C–C–N with tert-alkyl or cyclic N) is 1. The number of aliphatic hydroxyl groups excluding tert-OH is 1. The molecule has 5 nitrogen and oxygen atoms in total. The molecule has 2 atom stereocenters. The van der Waals surface area contributed by atoms with Gasteiger partial charge in [-0.15, -0.1) is 0 Å². The van der Waals surface area contributed by atoms with Crippen LogP contribution in [0.4, 0.5) is 5.82 Å². The van der Waals surface area contributed by atoms with Crippen molar-refractivity contribution in [3.63, 3.8) is 0 Å². The Kier molecular flexibility index (Phi) is 3.71. The predicted octanol–water partition coefficient (Wildman–Crippen LogP) is 1.13. The smallest absolute Gasteiger partial charge is 0.150 e. The molecule has 0 spiro atoms. The number of nitrogens with zero attached hydrogens (tertiary/aromatic N) is 3. The Bertz CT molecular complexity index is 555. The zero-order chi connectivity index (χ0) is 13.9. The van der Waals surface area contributed by atoms with E-state index in [-0.39, 0.29) is 6.10 Å². The van der Waals surface area contributed by atoms with Gasteiger partial charge in [0.15, 0.2) is 5.82 Å². The molecule has 1 N–H and O–H groups in total. The third-order valence-electron chi connectivity index (χ3n) is 3.68. The highest BCUT2D eigenvalue weighted by atomic mass is 16.5. The molecule has 2 aromatic rings. The fourth-order valence-electron chi connectivity index (χ4n) is 2.55. The summed E-state index contributed by atoms with van der Waals surface area (Å²) in [7, 11) is 1.63. The van der Waals surface area contributed by atoms with E-state index in [2.05, 4.69) is 22.1 Å². The van der Waals surface area contributed by atoms with Crippen LogP contribution in [0.2, 0.25) is 0 Å². The third kappa shape index (κ3) is 2.69. The molecule has 1 aliphatic rings. The van der Waals surface area contributed by atoms with Crippen molar-refractivity contribution >= 4 is 5.82 Å². The van der Waals surface area contributed by atoms with E-state index in [1.165, 1.54) is 5.56 Å². The quantitative estimate of drug-likeness (QED) is 0.907. The van der Waals surface area contributed by atoms with Gasteiger partial charge < -0.3 is 14.7 Å². The molecule has 1 aromatic carbocycles. The minimum absolute atomic E-state index is 0.130. The van der Waals surface area contributed by atoms with Crippen molar-refractivity contribution in [2.75, 3.05) is 25.1 Å². The maximum atomic E-state index is 9.86. The van der Waals surface area contributed by atoms with Crippen molar-refractivity contribution in [1.82, 2.24) is 9.78 Å². The molecule has 2 unspecified atom stereocenters. The molecule has 20 heavy (non-hydrogen) atoms. The van der Waals surface area contributed by atoms with Gasteiger partial charge in [-0.1, -0.05) is 30.3 Å². The number of aromatic nitrogens is 2. The summed E-state index contributed by atoms with van der Waals surface area (Å²) in [5.74, 6) is 0.888. The van der Waals surface area contributed by atoms with E-state index in [1.807, 2.05) is 35.1 Å². The van der Waals surface area contributed by atoms with E-state index in [1.54, 1.807) is 7.11 Å². The van der Waals surface area contributed by atoms with Crippen molar-refractivity contribution in [3.05, 3.63) is 48.2 Å². The lowest BCUT2D eigenvalue weighted by atomic mass is 10.2. The second kappa shape index (κ2) is 5.64. The number of hydrogen-bond acceptors (Lipinski definition) is 4. The van der Waals surface area contributed by atoms with Gasteiger partial charge in [0.05, 0.1) is 12.6 Å². The fourth-order valence-corrected chi connectivity index (χ4v) is 2.55. The van der Waals surface area contributed by atoms with Crippen LogP contribution in [0.3, 0.4) is 0 Å². The van der Waals surface area contributed by atoms with Crippen LogP contribution >= 0.6 is 0 Å². The molecule has 0 bridgehead atoms. The first-order valence-electron chi connectivity index (χ1n) is 6.79. The van der Waals surface area contributed by atoms with Crippen LogP contribution in [-0.4, -0.2) is 47.3 Å². The molecule has 1 aliphatic heterocycles. The zero-order valence-electron chi connectivity index (χ0n) is 11.5. The van der Waals surface area contributed by atoms with Crippen LogP contribution in [0.1, 0.15) is 5.56 Å². The summed E-state index contributed by atoms with van der Waals surface area (Å²) in [6.45, 7) is 2.01. The lowest BCUT2D eigenvalue weighted by molar-refractivity contribution is 0.0217. The maximum Gasteiger partial charge on any atom is 0.150 e. The number of benzene rings is 1. The van der Waals surface area contributed by atoms with E-state index in [9.17, 15) is 5.11 Å². The lowest BCUT2D eigenvalue weighted by Crippen LogP contribution is -2.25. The predicted molar refractivity (Wildman–Crippen MR) is 76.8 cm³/mol. The first-order valence-corrected chi connectivity index (χ1v) is 6.79. The van der Waals surface area contributed by atoms with Crippen LogP contribution in [0.15, 0.2) is 42.6 Å². The van der Waals surface area contributed by atoms with Crippen molar-refractivity contribution < 1.29 is 9.84 Å². The van der Waals surface area contributed by atoms with Gasteiger partial charge in [-0.25, -0.2) is 0 Å². The number of hydrogen-bond donors (Lipinski definition) is 1. The molecule has 0 saturated carbocycles. The van der Waals surface area contributed by atoms with Crippen LogP contribution < -0.4 is 4.90 Å². The number of rotatable bonds is 4. The molecule has 5 heteroatoms. The summed E-state index contributed by atoms with van der Waals surface area (Å²) in [5, 5.41) is 14.4. The molecule has 0 aliphatic carbocycles. The SMILES string of the molecule is COC1CN(c2ccn(Cc3ccccc3)n2)CC1O. The molecular weight excluding hydrogens is 254 g/mol. The topological polar surface area (TPSA) is 50.5 Å². The highest BCUT2D eigenvalue weighted by molar-refractivity contribution is 5.39. The summed E-state index contributed by atoms with van der Waals surface area (Å²) in [6.07, 6.45) is 1.39. The Morgan fingerprint density at radius 2 is 2.05 bits per heavy atom. The third-order valence-corrected chi connectivity index (χ3v) is 3.68. The van der Waals surface area contributed by atoms with Crippen LogP contribution in [0.5, 0.6) is 0 Å². The molecule has 1 fully saturated rings. The van der Waals surface area contributed by atoms with Crippen molar-refractivity contribution in [2.24, 2.45) is 0 Å². The Labute approximate surface area is 118 Å². The van der Waals surface area contributed by atoms with Crippen molar-refractivity contribution in [1.29, 1.82) is 0 Å². The van der Waals surface area contributed by atoms with E-state index < -0.39 is 6.10 Å². The normalized spacial score (nSPS) is 22.4. The van der Waals surface area contributed by atoms with Gasteiger partial charge in [0.1, 0.15) is 6.10 Å². The van der Waals surface area contributed by atoms with Gasteiger partial charge in [0, 0.05) is 32.5 Å². The molecule has 2 heterocycles. The number of methoxy groups -OCH3 is 1. The largest absolute Gasteiger partial charge is 0.388 e. The van der Waals surface area contributed by atoms with Crippen LogP contribution in [0.25, 0.3) is 0 Å². The van der Waals surface area contributed by atoms with Gasteiger partial charge in [0.25, 0.3) is 0 Å². The molecule has 0 amide bonds. The molecule has 1 aromatic heterocycles. The summed E-state index contributed by atoms with van der Waals surface area (Å²) < 4.78 is 7.17. The number of ether oxygens (including phenoxy) is 1. The first-order chi connectivity index (χ1) is 9.76. The van der Waals surface area contributed by atoms with Gasteiger partial charge in [-0.2, -0.15) is 5.10 Å². The van der Waals surface area contributed by atoms with Gasteiger partial charge >= 0.3 is 0 Å². The average molecular weight is 273 g/mol.